The third kappa shape index (κ3) is 3.33. The average Bonchev–Trinajstić information content (AvgIpc) is 3.22. The summed E-state index contributed by atoms with van der Waals surface area (Å²) in [6.07, 6.45) is 1.28. The lowest BCUT2D eigenvalue weighted by Crippen LogP contribution is -2.37. The van der Waals surface area contributed by atoms with Gasteiger partial charge < -0.3 is 19.8 Å². The van der Waals surface area contributed by atoms with Crippen molar-refractivity contribution in [1.29, 1.82) is 0 Å². The molecular formula is C23H22N6O3. The Bertz CT molecular complexity index is 1400. The number of benzene rings is 2. The molecule has 9 heteroatoms. The van der Waals surface area contributed by atoms with Gasteiger partial charge in [0.2, 0.25) is 11.9 Å². The molecule has 3 heterocycles. The lowest BCUT2D eigenvalue weighted by Gasteiger charge is -2.27. The highest BCUT2D eigenvalue weighted by molar-refractivity contribution is 6.04. The Morgan fingerprint density at radius 1 is 1.09 bits per heavy atom. The Hall–Kier alpha value is -4.27. The minimum absolute atomic E-state index is 0.180. The second kappa shape index (κ2) is 7.77. The second-order valence-corrected chi connectivity index (χ2v) is 7.39. The summed E-state index contributed by atoms with van der Waals surface area (Å²) in [5.41, 5.74) is 2.98. The zero-order valence-corrected chi connectivity index (χ0v) is 17.8. The molecule has 162 valence electrons. The number of rotatable bonds is 4. The molecule has 1 aliphatic rings. The molecule has 0 fully saturated rings. The number of nitrogens with zero attached hydrogens (tertiary/aromatic N) is 3. The van der Waals surface area contributed by atoms with Crippen molar-refractivity contribution in [2.45, 2.75) is 13.1 Å². The first kappa shape index (κ1) is 19.7. The lowest BCUT2D eigenvalue weighted by atomic mass is 10.1. The Morgan fingerprint density at radius 2 is 1.94 bits per heavy atom. The quantitative estimate of drug-likeness (QED) is 0.458. The van der Waals surface area contributed by atoms with Gasteiger partial charge in [0.1, 0.15) is 11.5 Å². The Balaban J connectivity index is 1.63. The number of hydrogen-bond donors (Lipinski definition) is 3. The summed E-state index contributed by atoms with van der Waals surface area (Å²) in [6, 6.07) is 14.9. The molecule has 2 aromatic carbocycles. The third-order valence-corrected chi connectivity index (χ3v) is 5.37. The predicted molar refractivity (Wildman–Crippen MR) is 124 cm³/mol. The van der Waals surface area contributed by atoms with E-state index < -0.39 is 6.17 Å². The first-order chi connectivity index (χ1) is 15.6. The fourth-order valence-corrected chi connectivity index (χ4v) is 3.86. The van der Waals surface area contributed by atoms with Gasteiger partial charge in [-0.2, -0.15) is 0 Å². The van der Waals surface area contributed by atoms with E-state index in [0.717, 1.165) is 16.5 Å². The number of hydrogen-bond acceptors (Lipinski definition) is 7. The molecule has 9 nitrogen and oxygen atoms in total. The SMILES string of the molecule is COc1ccc(NC2=N[C@H](c3c[nH]c4ccccc34)n3c(nc(C)cc3=O)N2)c(OC)c1. The number of fused-ring (bicyclic) bond motifs is 2. The van der Waals surface area contributed by atoms with E-state index in [1.807, 2.05) is 42.6 Å². The molecule has 0 saturated carbocycles. The average molecular weight is 430 g/mol. The Labute approximate surface area is 183 Å². The van der Waals surface area contributed by atoms with Crippen molar-refractivity contribution < 1.29 is 9.47 Å². The van der Waals surface area contributed by atoms with Crippen molar-refractivity contribution >= 4 is 28.5 Å². The molecule has 0 bridgehead atoms. The molecule has 32 heavy (non-hydrogen) atoms. The first-order valence-corrected chi connectivity index (χ1v) is 10.1. The van der Waals surface area contributed by atoms with Crippen molar-refractivity contribution in [3.8, 4) is 11.5 Å². The molecule has 3 N–H and O–H groups in total. The Kier molecular flexibility index (Phi) is 4.78. The third-order valence-electron chi connectivity index (χ3n) is 5.37. The highest BCUT2D eigenvalue weighted by Gasteiger charge is 2.27. The molecule has 1 aliphatic heterocycles. The number of aryl methyl sites for hydroxylation is 1. The van der Waals surface area contributed by atoms with E-state index in [9.17, 15) is 4.79 Å². The minimum atomic E-state index is -0.602. The van der Waals surface area contributed by atoms with Crippen LogP contribution in [0, 0.1) is 6.92 Å². The van der Waals surface area contributed by atoms with Gasteiger partial charge in [-0.3, -0.25) is 14.7 Å². The van der Waals surface area contributed by atoms with Gasteiger partial charge in [-0.05, 0) is 25.1 Å². The van der Waals surface area contributed by atoms with Crippen LogP contribution in [0.3, 0.4) is 0 Å². The van der Waals surface area contributed by atoms with E-state index >= 15 is 0 Å². The van der Waals surface area contributed by atoms with Gasteiger partial charge in [-0.1, -0.05) is 18.2 Å². The summed E-state index contributed by atoms with van der Waals surface area (Å²) in [6.45, 7) is 1.79. The fourth-order valence-electron chi connectivity index (χ4n) is 3.86. The summed E-state index contributed by atoms with van der Waals surface area (Å²) in [5, 5.41) is 7.39. The standard InChI is InChI=1S/C23H22N6O3/c1-13-10-20(30)29-21(16-12-24-17-7-5-4-6-15(16)17)27-22(28-23(29)25-13)26-18-9-8-14(31-2)11-19(18)32-3/h4-12,21,24H,1-3H3,(H2,25,26,27,28)/t21-/m0/s1. The number of nitrogens with one attached hydrogen (secondary N) is 3. The number of aromatic amines is 1. The molecule has 0 spiro atoms. The summed E-state index contributed by atoms with van der Waals surface area (Å²) in [4.78, 5) is 25.6. The van der Waals surface area contributed by atoms with Gasteiger partial charge in [0, 0.05) is 40.5 Å². The van der Waals surface area contributed by atoms with Crippen LogP contribution in [0.4, 0.5) is 11.6 Å². The van der Waals surface area contributed by atoms with E-state index in [-0.39, 0.29) is 5.56 Å². The van der Waals surface area contributed by atoms with Crippen LogP contribution in [-0.2, 0) is 0 Å². The summed E-state index contributed by atoms with van der Waals surface area (Å²) in [5.74, 6) is 2.13. The van der Waals surface area contributed by atoms with Gasteiger partial charge in [0.15, 0.2) is 6.17 Å². The van der Waals surface area contributed by atoms with Crippen LogP contribution in [0.25, 0.3) is 10.9 Å². The van der Waals surface area contributed by atoms with Gasteiger partial charge in [0.25, 0.3) is 5.56 Å². The molecule has 0 unspecified atom stereocenters. The predicted octanol–water partition coefficient (Wildman–Crippen LogP) is 3.49. The maximum Gasteiger partial charge on any atom is 0.257 e. The molecule has 2 aromatic heterocycles. The molecule has 1 atom stereocenters. The molecule has 0 amide bonds. The number of aromatic nitrogens is 3. The molecular weight excluding hydrogens is 408 g/mol. The molecule has 0 aliphatic carbocycles. The van der Waals surface area contributed by atoms with Crippen molar-refractivity contribution in [2.75, 3.05) is 24.9 Å². The second-order valence-electron chi connectivity index (χ2n) is 7.39. The van der Waals surface area contributed by atoms with Crippen LogP contribution >= 0.6 is 0 Å². The zero-order valence-electron chi connectivity index (χ0n) is 17.8. The number of H-pyrrole nitrogens is 1. The number of aliphatic imine (C=N–C) groups is 1. The van der Waals surface area contributed by atoms with Crippen LogP contribution in [-0.4, -0.2) is 34.7 Å². The lowest BCUT2D eigenvalue weighted by molar-refractivity contribution is 0.395. The maximum atomic E-state index is 12.9. The van der Waals surface area contributed by atoms with Crippen molar-refractivity contribution in [1.82, 2.24) is 14.5 Å². The van der Waals surface area contributed by atoms with E-state index in [0.29, 0.717) is 34.8 Å². The summed E-state index contributed by atoms with van der Waals surface area (Å²) >= 11 is 0. The minimum Gasteiger partial charge on any atom is -0.497 e. The van der Waals surface area contributed by atoms with Crippen molar-refractivity contribution in [3.63, 3.8) is 0 Å². The normalized spacial score (nSPS) is 15.0. The maximum absolute atomic E-state index is 12.9. The molecule has 5 rings (SSSR count). The molecule has 4 aromatic rings. The number of guanidine groups is 1. The smallest absolute Gasteiger partial charge is 0.257 e. The van der Waals surface area contributed by atoms with Gasteiger partial charge >= 0.3 is 0 Å². The van der Waals surface area contributed by atoms with Crippen LogP contribution < -0.4 is 25.7 Å². The molecule has 0 saturated heterocycles. The van der Waals surface area contributed by atoms with E-state index in [1.54, 1.807) is 31.8 Å². The number of anilines is 2. The van der Waals surface area contributed by atoms with E-state index in [1.165, 1.54) is 6.07 Å². The monoisotopic (exact) mass is 430 g/mol. The van der Waals surface area contributed by atoms with Crippen molar-refractivity contribution in [3.05, 3.63) is 76.3 Å². The van der Waals surface area contributed by atoms with Gasteiger partial charge in [-0.25, -0.2) is 9.98 Å². The van der Waals surface area contributed by atoms with Gasteiger partial charge in [0.05, 0.1) is 19.9 Å². The highest BCUT2D eigenvalue weighted by Crippen LogP contribution is 2.33. The van der Waals surface area contributed by atoms with E-state index in [2.05, 4.69) is 20.6 Å². The summed E-state index contributed by atoms with van der Waals surface area (Å²) in [7, 11) is 3.19. The van der Waals surface area contributed by atoms with Crippen LogP contribution in [0.2, 0.25) is 0 Å². The molecule has 0 radical (unpaired) electrons. The fraction of sp³-hybridized carbons (Fsp3) is 0.174. The summed E-state index contributed by atoms with van der Waals surface area (Å²) < 4.78 is 12.3. The van der Waals surface area contributed by atoms with Crippen LogP contribution in [0.15, 0.2) is 64.5 Å². The largest absolute Gasteiger partial charge is 0.497 e. The first-order valence-electron chi connectivity index (χ1n) is 10.1. The van der Waals surface area contributed by atoms with Gasteiger partial charge in [-0.15, -0.1) is 0 Å². The van der Waals surface area contributed by atoms with E-state index in [4.69, 9.17) is 14.5 Å². The van der Waals surface area contributed by atoms with Crippen LogP contribution in [0.5, 0.6) is 11.5 Å². The van der Waals surface area contributed by atoms with Crippen molar-refractivity contribution in [2.24, 2.45) is 4.99 Å². The Morgan fingerprint density at radius 3 is 2.75 bits per heavy atom. The highest BCUT2D eigenvalue weighted by atomic mass is 16.5. The topological polar surface area (TPSA) is 106 Å². The number of ether oxygens (including phenoxy) is 2. The number of methoxy groups -OCH3 is 2. The van der Waals surface area contributed by atoms with Crippen LogP contribution in [0.1, 0.15) is 17.4 Å². The number of para-hydroxylation sites is 1. The zero-order chi connectivity index (χ0) is 22.2.